The Hall–Kier alpha value is -3.15. The molecule has 0 fully saturated rings. The lowest BCUT2D eigenvalue weighted by Gasteiger charge is -2.12. The number of ether oxygens (including phenoxy) is 1. The maximum atomic E-state index is 11.0. The van der Waals surface area contributed by atoms with Gasteiger partial charge in [-0.1, -0.05) is 20.3 Å². The first-order chi connectivity index (χ1) is 13.0. The molecule has 0 saturated carbocycles. The first kappa shape index (κ1) is 18.6. The molecule has 27 heavy (non-hydrogen) atoms. The molecule has 1 amide bonds. The minimum Gasteiger partial charge on any atom is -0.477 e. The van der Waals surface area contributed by atoms with E-state index in [1.165, 1.54) is 6.08 Å². The van der Waals surface area contributed by atoms with Crippen molar-refractivity contribution in [2.45, 2.75) is 27.2 Å². The highest BCUT2D eigenvalue weighted by atomic mass is 16.5. The van der Waals surface area contributed by atoms with E-state index in [9.17, 15) is 4.79 Å². The summed E-state index contributed by atoms with van der Waals surface area (Å²) in [5.41, 5.74) is 9.63. The van der Waals surface area contributed by atoms with E-state index in [2.05, 4.69) is 28.8 Å². The number of aromatic amines is 1. The summed E-state index contributed by atoms with van der Waals surface area (Å²) in [4.78, 5) is 23.1. The van der Waals surface area contributed by atoms with Crippen molar-refractivity contribution in [3.05, 3.63) is 47.9 Å². The van der Waals surface area contributed by atoms with Crippen LogP contribution in [0.5, 0.6) is 5.88 Å². The lowest BCUT2D eigenvalue weighted by Crippen LogP contribution is -2.08. The van der Waals surface area contributed by atoms with Gasteiger partial charge in [-0.15, -0.1) is 0 Å². The van der Waals surface area contributed by atoms with Crippen LogP contribution < -0.4 is 10.5 Å². The smallest absolute Gasteiger partial charge is 0.241 e. The topological polar surface area (TPSA) is 93.9 Å². The van der Waals surface area contributed by atoms with E-state index in [-0.39, 0.29) is 0 Å². The second kappa shape index (κ2) is 8.03. The van der Waals surface area contributed by atoms with Gasteiger partial charge in [-0.3, -0.25) is 4.79 Å². The summed E-state index contributed by atoms with van der Waals surface area (Å²) in [6.07, 6.45) is 7.71. The molecule has 0 bridgehead atoms. The third-order valence-electron chi connectivity index (χ3n) is 4.47. The van der Waals surface area contributed by atoms with Crippen LogP contribution >= 0.6 is 0 Å². The van der Waals surface area contributed by atoms with E-state index in [4.69, 9.17) is 10.5 Å². The van der Waals surface area contributed by atoms with Gasteiger partial charge in [0.15, 0.2) is 0 Å². The molecule has 0 unspecified atom stereocenters. The Balaban J connectivity index is 1.95. The number of H-pyrrole nitrogens is 1. The van der Waals surface area contributed by atoms with Gasteiger partial charge in [0.2, 0.25) is 11.8 Å². The van der Waals surface area contributed by atoms with Crippen LogP contribution in [-0.4, -0.2) is 27.5 Å². The van der Waals surface area contributed by atoms with Crippen LogP contribution in [0.1, 0.15) is 31.5 Å². The highest BCUT2D eigenvalue weighted by molar-refractivity contribution is 5.95. The van der Waals surface area contributed by atoms with Gasteiger partial charge in [0.25, 0.3) is 0 Å². The lowest BCUT2D eigenvalue weighted by atomic mass is 10.1. The molecule has 0 aliphatic carbocycles. The number of nitrogens with zero attached hydrogens (tertiary/aromatic N) is 2. The fraction of sp³-hybridized carbons (Fsp3) is 0.286. The first-order valence-electron chi connectivity index (χ1n) is 9.02. The standard InChI is InChI=1S/C21H24N4O2/c1-4-13(2)12-27-20-9-16(7-14(3)25-20)17-8-18-15(5-6-19(22)26)10-23-21(18)24-11-17/h5-11,13H,4,12H2,1-3H3,(H2,22,26)(H,23,24)/b6-5+/t13-/m0/s1. The second-order valence-electron chi connectivity index (χ2n) is 6.76. The van der Waals surface area contributed by atoms with Gasteiger partial charge < -0.3 is 15.5 Å². The molecule has 0 saturated heterocycles. The Morgan fingerprint density at radius 3 is 2.89 bits per heavy atom. The number of aromatic nitrogens is 3. The molecule has 140 valence electrons. The average Bonchev–Trinajstić information content (AvgIpc) is 3.06. The number of hydrogen-bond donors (Lipinski definition) is 2. The molecule has 3 aromatic rings. The monoisotopic (exact) mass is 364 g/mol. The van der Waals surface area contributed by atoms with E-state index in [0.29, 0.717) is 18.4 Å². The Morgan fingerprint density at radius 1 is 1.33 bits per heavy atom. The maximum Gasteiger partial charge on any atom is 0.241 e. The Morgan fingerprint density at radius 2 is 2.15 bits per heavy atom. The van der Waals surface area contributed by atoms with Gasteiger partial charge in [0.05, 0.1) is 6.61 Å². The molecule has 6 nitrogen and oxygen atoms in total. The number of carbonyl (C=O) groups excluding carboxylic acids is 1. The van der Waals surface area contributed by atoms with Crippen molar-refractivity contribution in [2.75, 3.05) is 6.61 Å². The van der Waals surface area contributed by atoms with Crippen LogP contribution in [0.2, 0.25) is 0 Å². The van der Waals surface area contributed by atoms with E-state index in [0.717, 1.165) is 39.8 Å². The molecular weight excluding hydrogens is 340 g/mol. The van der Waals surface area contributed by atoms with Crippen molar-refractivity contribution in [3.63, 3.8) is 0 Å². The molecule has 0 radical (unpaired) electrons. The molecule has 3 heterocycles. The van der Waals surface area contributed by atoms with Crippen LogP contribution in [0, 0.1) is 12.8 Å². The number of pyridine rings is 2. The van der Waals surface area contributed by atoms with E-state index in [1.807, 2.05) is 31.3 Å². The Labute approximate surface area is 158 Å². The summed E-state index contributed by atoms with van der Waals surface area (Å²) in [5, 5.41) is 0.918. The molecule has 0 aliphatic rings. The number of rotatable bonds is 7. The lowest BCUT2D eigenvalue weighted by molar-refractivity contribution is -0.113. The largest absolute Gasteiger partial charge is 0.477 e. The van der Waals surface area contributed by atoms with Crippen molar-refractivity contribution < 1.29 is 9.53 Å². The van der Waals surface area contributed by atoms with Crippen molar-refractivity contribution in [1.29, 1.82) is 0 Å². The van der Waals surface area contributed by atoms with E-state index in [1.54, 1.807) is 12.3 Å². The molecule has 3 rings (SSSR count). The molecule has 0 spiro atoms. The van der Waals surface area contributed by atoms with Gasteiger partial charge in [0.1, 0.15) is 5.65 Å². The van der Waals surface area contributed by atoms with Crippen molar-refractivity contribution >= 4 is 23.0 Å². The van der Waals surface area contributed by atoms with Crippen molar-refractivity contribution in [2.24, 2.45) is 11.7 Å². The van der Waals surface area contributed by atoms with Gasteiger partial charge in [-0.25, -0.2) is 9.97 Å². The van der Waals surface area contributed by atoms with Crippen LogP contribution in [-0.2, 0) is 4.79 Å². The maximum absolute atomic E-state index is 11.0. The zero-order valence-electron chi connectivity index (χ0n) is 15.8. The van der Waals surface area contributed by atoms with Crippen molar-refractivity contribution in [3.8, 4) is 17.0 Å². The number of carbonyl (C=O) groups is 1. The predicted molar refractivity (Wildman–Crippen MR) is 107 cm³/mol. The number of aryl methyl sites for hydroxylation is 1. The zero-order chi connectivity index (χ0) is 19.4. The highest BCUT2D eigenvalue weighted by Gasteiger charge is 2.09. The van der Waals surface area contributed by atoms with E-state index >= 15 is 0 Å². The number of nitrogens with two attached hydrogens (primary N) is 1. The van der Waals surface area contributed by atoms with Crippen LogP contribution in [0.3, 0.4) is 0 Å². The summed E-state index contributed by atoms with van der Waals surface area (Å²) in [7, 11) is 0. The van der Waals surface area contributed by atoms with Crippen LogP contribution in [0.15, 0.2) is 36.7 Å². The van der Waals surface area contributed by atoms with Gasteiger partial charge >= 0.3 is 0 Å². The molecule has 1 atom stereocenters. The first-order valence-corrected chi connectivity index (χ1v) is 9.02. The number of fused-ring (bicyclic) bond motifs is 1. The van der Waals surface area contributed by atoms with Crippen LogP contribution in [0.4, 0.5) is 0 Å². The zero-order valence-corrected chi connectivity index (χ0v) is 15.8. The fourth-order valence-electron chi connectivity index (χ4n) is 2.72. The van der Waals surface area contributed by atoms with Crippen LogP contribution in [0.25, 0.3) is 28.2 Å². The number of nitrogens with one attached hydrogen (secondary N) is 1. The third kappa shape index (κ3) is 4.53. The summed E-state index contributed by atoms with van der Waals surface area (Å²) < 4.78 is 5.86. The minimum atomic E-state index is -0.485. The summed E-state index contributed by atoms with van der Waals surface area (Å²) in [5.74, 6) is 0.614. The summed E-state index contributed by atoms with van der Waals surface area (Å²) >= 11 is 0. The Kier molecular flexibility index (Phi) is 5.54. The molecule has 3 N–H and O–H groups in total. The normalized spacial score (nSPS) is 12.6. The second-order valence-corrected chi connectivity index (χ2v) is 6.76. The summed E-state index contributed by atoms with van der Waals surface area (Å²) in [6, 6.07) is 5.97. The van der Waals surface area contributed by atoms with Gasteiger partial charge in [-0.05, 0) is 36.6 Å². The summed E-state index contributed by atoms with van der Waals surface area (Å²) in [6.45, 7) is 6.89. The SMILES string of the molecule is CC[C@H](C)COc1cc(-c2cnc3[nH]cc(/C=C/C(N)=O)c3c2)cc(C)n1. The van der Waals surface area contributed by atoms with E-state index < -0.39 is 5.91 Å². The van der Waals surface area contributed by atoms with Crippen molar-refractivity contribution in [1.82, 2.24) is 15.0 Å². The molecule has 0 aromatic carbocycles. The average molecular weight is 364 g/mol. The third-order valence-corrected chi connectivity index (χ3v) is 4.47. The predicted octanol–water partition coefficient (Wildman–Crippen LogP) is 3.86. The van der Waals surface area contributed by atoms with Gasteiger partial charge in [-0.2, -0.15) is 0 Å². The van der Waals surface area contributed by atoms with Gasteiger partial charge in [0, 0.05) is 46.7 Å². The Bertz CT molecular complexity index is 991. The molecular formula is C21H24N4O2. The molecule has 6 heteroatoms. The highest BCUT2D eigenvalue weighted by Crippen LogP contribution is 2.28. The fourth-order valence-corrected chi connectivity index (χ4v) is 2.72. The number of primary amides is 1. The molecule has 3 aromatic heterocycles. The number of hydrogen-bond acceptors (Lipinski definition) is 4. The quantitative estimate of drug-likeness (QED) is 0.623. The number of amides is 1. The minimum absolute atomic E-state index is 0.480. The molecule has 0 aliphatic heterocycles.